The van der Waals surface area contributed by atoms with Gasteiger partial charge in [0.25, 0.3) is 0 Å². The third-order valence-corrected chi connectivity index (χ3v) is 5.48. The number of thioether (sulfide) groups is 1. The van der Waals surface area contributed by atoms with Crippen molar-refractivity contribution in [3.8, 4) is 17.1 Å². The quantitative estimate of drug-likeness (QED) is 0.568. The molecule has 4 rings (SSSR count). The number of hydrogen-bond donors (Lipinski definition) is 1. The van der Waals surface area contributed by atoms with Crippen molar-refractivity contribution >= 4 is 23.3 Å². The molecule has 3 aromatic rings. The van der Waals surface area contributed by atoms with Crippen molar-refractivity contribution in [2.75, 3.05) is 25.5 Å². The van der Waals surface area contributed by atoms with E-state index < -0.39 is 0 Å². The minimum atomic E-state index is -0.0251. The molecule has 1 aliphatic rings. The van der Waals surface area contributed by atoms with Crippen LogP contribution in [0.5, 0.6) is 5.75 Å². The lowest BCUT2D eigenvalue weighted by atomic mass is 10.2. The zero-order valence-corrected chi connectivity index (χ0v) is 17.0. The van der Waals surface area contributed by atoms with Gasteiger partial charge in [0, 0.05) is 18.7 Å². The molecule has 1 N–H and O–H groups in total. The largest absolute Gasteiger partial charge is 0.494 e. The van der Waals surface area contributed by atoms with E-state index in [4.69, 9.17) is 9.47 Å². The Morgan fingerprint density at radius 1 is 1.28 bits per heavy atom. The summed E-state index contributed by atoms with van der Waals surface area (Å²) < 4.78 is 12.7. The number of nitrogens with zero attached hydrogens (tertiary/aromatic N) is 4. The molecule has 1 fully saturated rings. The molecule has 8 nitrogen and oxygen atoms in total. The van der Waals surface area contributed by atoms with Gasteiger partial charge in [0.05, 0.1) is 18.5 Å². The zero-order chi connectivity index (χ0) is 20.1. The second kappa shape index (κ2) is 9.23. The van der Waals surface area contributed by atoms with E-state index in [1.54, 1.807) is 4.52 Å². The number of hydrogen-bond acceptors (Lipinski definition) is 7. The molecule has 1 atom stereocenters. The normalized spacial score (nSPS) is 16.2. The number of benzene rings is 1. The second-order valence-corrected chi connectivity index (χ2v) is 7.65. The van der Waals surface area contributed by atoms with Gasteiger partial charge in [0.15, 0.2) is 11.5 Å². The number of carbonyl (C=O) groups excluding carboxylic acids is 1. The van der Waals surface area contributed by atoms with Crippen molar-refractivity contribution < 1.29 is 14.3 Å². The van der Waals surface area contributed by atoms with E-state index in [0.29, 0.717) is 30.4 Å². The van der Waals surface area contributed by atoms with Gasteiger partial charge in [0.1, 0.15) is 10.8 Å². The third kappa shape index (κ3) is 4.86. The number of ether oxygens (including phenoxy) is 2. The third-order valence-electron chi connectivity index (χ3n) is 4.56. The van der Waals surface area contributed by atoms with E-state index in [2.05, 4.69) is 20.6 Å². The van der Waals surface area contributed by atoms with Gasteiger partial charge in [-0.1, -0.05) is 11.8 Å². The molecule has 0 bridgehead atoms. The Hall–Kier alpha value is -2.65. The molecule has 3 heterocycles. The molecule has 0 spiro atoms. The first-order valence-electron chi connectivity index (χ1n) is 9.69. The molecule has 2 aromatic heterocycles. The molecular weight excluding hydrogens is 390 g/mol. The molecule has 1 aromatic carbocycles. The fourth-order valence-electron chi connectivity index (χ4n) is 3.12. The van der Waals surface area contributed by atoms with Crippen LogP contribution in [0, 0.1) is 0 Å². The Bertz CT molecular complexity index is 970. The van der Waals surface area contributed by atoms with Crippen LogP contribution in [0.3, 0.4) is 0 Å². The lowest BCUT2D eigenvalue weighted by Gasteiger charge is -2.10. The van der Waals surface area contributed by atoms with Gasteiger partial charge >= 0.3 is 0 Å². The first-order valence-corrected chi connectivity index (χ1v) is 10.7. The van der Waals surface area contributed by atoms with Crippen molar-refractivity contribution in [2.45, 2.75) is 30.9 Å². The Morgan fingerprint density at radius 2 is 2.14 bits per heavy atom. The highest BCUT2D eigenvalue weighted by atomic mass is 32.2. The van der Waals surface area contributed by atoms with Gasteiger partial charge in [0.2, 0.25) is 5.91 Å². The van der Waals surface area contributed by atoms with E-state index >= 15 is 0 Å². The summed E-state index contributed by atoms with van der Waals surface area (Å²) in [5.74, 6) is 1.73. The van der Waals surface area contributed by atoms with E-state index in [1.807, 2.05) is 43.3 Å². The smallest absolute Gasteiger partial charge is 0.230 e. The molecule has 9 heteroatoms. The summed E-state index contributed by atoms with van der Waals surface area (Å²) >= 11 is 1.38. The average molecular weight is 414 g/mol. The van der Waals surface area contributed by atoms with Crippen LogP contribution >= 0.6 is 11.8 Å². The molecule has 1 amide bonds. The zero-order valence-electron chi connectivity index (χ0n) is 16.2. The van der Waals surface area contributed by atoms with Gasteiger partial charge in [-0.25, -0.2) is 0 Å². The van der Waals surface area contributed by atoms with Crippen molar-refractivity contribution in [2.24, 2.45) is 0 Å². The molecule has 0 saturated carbocycles. The number of amides is 1. The predicted molar refractivity (Wildman–Crippen MR) is 110 cm³/mol. The number of aromatic nitrogens is 4. The van der Waals surface area contributed by atoms with Crippen molar-refractivity contribution in [3.63, 3.8) is 0 Å². The standard InChI is InChI=1S/C20H23N5O3S/c1-2-27-15-7-5-14(6-8-15)20-23-22-17-9-10-19(24-25(17)20)29-13-18(26)21-12-16-4-3-11-28-16/h5-10,16H,2-4,11-13H2,1H3,(H,21,26)/t16-/m1/s1. The number of carbonyl (C=O) groups is 1. The molecule has 1 saturated heterocycles. The van der Waals surface area contributed by atoms with Crippen LogP contribution in [0.4, 0.5) is 0 Å². The van der Waals surface area contributed by atoms with Crippen LogP contribution in [0.25, 0.3) is 17.0 Å². The summed E-state index contributed by atoms with van der Waals surface area (Å²) in [6.45, 7) is 3.93. The summed E-state index contributed by atoms with van der Waals surface area (Å²) in [6.07, 6.45) is 2.22. The summed E-state index contributed by atoms with van der Waals surface area (Å²) in [7, 11) is 0. The van der Waals surface area contributed by atoms with E-state index in [9.17, 15) is 4.79 Å². The van der Waals surface area contributed by atoms with Crippen LogP contribution < -0.4 is 10.1 Å². The Kier molecular flexibility index (Phi) is 6.26. The SMILES string of the molecule is CCOc1ccc(-c2nnc3ccc(SCC(=O)NC[C@H]4CCCO4)nn23)cc1. The average Bonchev–Trinajstić information content (AvgIpc) is 3.41. The van der Waals surface area contributed by atoms with Crippen molar-refractivity contribution in [3.05, 3.63) is 36.4 Å². The lowest BCUT2D eigenvalue weighted by Crippen LogP contribution is -2.32. The molecule has 0 radical (unpaired) electrons. The molecule has 1 aliphatic heterocycles. The minimum Gasteiger partial charge on any atom is -0.494 e. The maximum absolute atomic E-state index is 12.1. The van der Waals surface area contributed by atoms with Gasteiger partial charge < -0.3 is 14.8 Å². The fraction of sp³-hybridized carbons (Fsp3) is 0.400. The highest BCUT2D eigenvalue weighted by Crippen LogP contribution is 2.23. The first kappa shape index (κ1) is 19.7. The van der Waals surface area contributed by atoms with E-state index in [1.165, 1.54) is 11.8 Å². The van der Waals surface area contributed by atoms with Crippen molar-refractivity contribution in [1.82, 2.24) is 25.1 Å². The molecule has 0 unspecified atom stereocenters. The van der Waals surface area contributed by atoms with Gasteiger partial charge in [-0.05, 0) is 56.2 Å². The van der Waals surface area contributed by atoms with Crippen molar-refractivity contribution in [1.29, 1.82) is 0 Å². The van der Waals surface area contributed by atoms with E-state index in [0.717, 1.165) is 35.8 Å². The second-order valence-electron chi connectivity index (χ2n) is 6.65. The van der Waals surface area contributed by atoms with Gasteiger partial charge in [-0.3, -0.25) is 4.79 Å². The molecule has 152 valence electrons. The lowest BCUT2D eigenvalue weighted by molar-refractivity contribution is -0.119. The fourth-order valence-corrected chi connectivity index (χ4v) is 3.80. The summed E-state index contributed by atoms with van der Waals surface area (Å²) in [5.41, 5.74) is 1.55. The molecule has 29 heavy (non-hydrogen) atoms. The number of nitrogens with one attached hydrogen (secondary N) is 1. The Balaban J connectivity index is 1.41. The van der Waals surface area contributed by atoms with E-state index in [-0.39, 0.29) is 12.0 Å². The molecular formula is C20H23N5O3S. The summed E-state index contributed by atoms with van der Waals surface area (Å²) in [4.78, 5) is 12.1. The summed E-state index contributed by atoms with van der Waals surface area (Å²) in [6, 6.07) is 11.4. The topological polar surface area (TPSA) is 90.6 Å². The highest BCUT2D eigenvalue weighted by molar-refractivity contribution is 7.99. The number of fused-ring (bicyclic) bond motifs is 1. The predicted octanol–water partition coefficient (Wildman–Crippen LogP) is 2.58. The van der Waals surface area contributed by atoms with Crippen LogP contribution in [0.1, 0.15) is 19.8 Å². The maximum Gasteiger partial charge on any atom is 0.230 e. The Morgan fingerprint density at radius 3 is 2.90 bits per heavy atom. The van der Waals surface area contributed by atoms with Crippen LogP contribution in [-0.4, -0.2) is 57.3 Å². The summed E-state index contributed by atoms with van der Waals surface area (Å²) in [5, 5.41) is 16.7. The number of rotatable bonds is 8. The monoisotopic (exact) mass is 413 g/mol. The first-order chi connectivity index (χ1) is 14.2. The Labute approximate surface area is 173 Å². The highest BCUT2D eigenvalue weighted by Gasteiger charge is 2.16. The maximum atomic E-state index is 12.1. The van der Waals surface area contributed by atoms with Crippen LogP contribution in [0.15, 0.2) is 41.4 Å². The van der Waals surface area contributed by atoms with Crippen LogP contribution in [0.2, 0.25) is 0 Å². The van der Waals surface area contributed by atoms with Gasteiger partial charge in [-0.2, -0.15) is 9.61 Å². The van der Waals surface area contributed by atoms with Crippen LogP contribution in [-0.2, 0) is 9.53 Å². The van der Waals surface area contributed by atoms with Gasteiger partial charge in [-0.15, -0.1) is 10.2 Å². The minimum absolute atomic E-state index is 0.0251. The molecule has 0 aliphatic carbocycles.